The van der Waals surface area contributed by atoms with Crippen molar-refractivity contribution in [1.29, 1.82) is 0 Å². The lowest BCUT2D eigenvalue weighted by Crippen LogP contribution is -2.27. The van der Waals surface area contributed by atoms with Gasteiger partial charge in [0.15, 0.2) is 0 Å². The zero-order valence-corrected chi connectivity index (χ0v) is 17.5. The zero-order valence-electron chi connectivity index (χ0n) is 16.6. The fourth-order valence-corrected chi connectivity index (χ4v) is 3.79. The second kappa shape index (κ2) is 8.29. The van der Waals surface area contributed by atoms with Crippen LogP contribution in [0.2, 0.25) is 0 Å². The molecule has 1 saturated carbocycles. The van der Waals surface area contributed by atoms with Crippen molar-refractivity contribution in [2.75, 3.05) is 18.6 Å². The highest BCUT2D eigenvalue weighted by Gasteiger charge is 2.30. The molecule has 29 heavy (non-hydrogen) atoms. The molecule has 3 aromatic carbocycles. The van der Waals surface area contributed by atoms with Gasteiger partial charge in [-0.15, -0.1) is 11.8 Å². The van der Waals surface area contributed by atoms with E-state index in [1.165, 1.54) is 4.90 Å². The Labute approximate surface area is 175 Å². The van der Waals surface area contributed by atoms with Crippen molar-refractivity contribution in [2.24, 2.45) is 5.92 Å². The van der Waals surface area contributed by atoms with Crippen LogP contribution in [0, 0.1) is 5.92 Å². The van der Waals surface area contributed by atoms with Gasteiger partial charge in [0, 0.05) is 24.4 Å². The molecule has 0 spiro atoms. The van der Waals surface area contributed by atoms with Crippen molar-refractivity contribution >= 4 is 40.0 Å². The normalized spacial score (nSPS) is 13.3. The average molecular weight is 405 g/mol. The van der Waals surface area contributed by atoms with Gasteiger partial charge in [-0.3, -0.25) is 9.59 Å². The maximum absolute atomic E-state index is 13.3. The van der Waals surface area contributed by atoms with Gasteiger partial charge in [-0.2, -0.15) is 0 Å². The van der Waals surface area contributed by atoms with Crippen molar-refractivity contribution in [3.05, 3.63) is 71.8 Å². The van der Waals surface area contributed by atoms with Crippen LogP contribution in [0.3, 0.4) is 0 Å². The van der Waals surface area contributed by atoms with Gasteiger partial charge in [0.25, 0.3) is 5.91 Å². The molecule has 5 heteroatoms. The molecular formula is C24H24N2O2S. The number of nitrogens with zero attached hydrogens (tertiary/aromatic N) is 1. The lowest BCUT2D eigenvalue weighted by molar-refractivity contribution is -0.117. The molecule has 0 unspecified atom stereocenters. The van der Waals surface area contributed by atoms with E-state index in [0.29, 0.717) is 17.8 Å². The van der Waals surface area contributed by atoms with Gasteiger partial charge >= 0.3 is 0 Å². The first-order chi connectivity index (χ1) is 14.0. The molecule has 0 aromatic heterocycles. The van der Waals surface area contributed by atoms with Gasteiger partial charge in [-0.1, -0.05) is 36.4 Å². The number of carbonyl (C=O) groups is 2. The van der Waals surface area contributed by atoms with Gasteiger partial charge in [-0.05, 0) is 59.7 Å². The summed E-state index contributed by atoms with van der Waals surface area (Å²) in [5.74, 6) is -0.0162. The van der Waals surface area contributed by atoms with Crippen molar-refractivity contribution in [3.8, 4) is 0 Å². The SMILES string of the molecule is CSc1ccc(CN(C)C(=O)c2cc3ccccc3cc2NC(=O)C2CC2)cc1. The molecule has 1 aliphatic rings. The summed E-state index contributed by atoms with van der Waals surface area (Å²) in [7, 11) is 1.80. The highest BCUT2D eigenvalue weighted by atomic mass is 32.2. The van der Waals surface area contributed by atoms with E-state index in [2.05, 4.69) is 17.4 Å². The Bertz CT molecular complexity index is 1060. The average Bonchev–Trinajstić information content (AvgIpc) is 3.59. The van der Waals surface area contributed by atoms with Gasteiger partial charge < -0.3 is 10.2 Å². The minimum absolute atomic E-state index is 0.00429. The Kier molecular flexibility index (Phi) is 5.58. The summed E-state index contributed by atoms with van der Waals surface area (Å²) in [6.07, 6.45) is 3.89. The largest absolute Gasteiger partial charge is 0.337 e. The van der Waals surface area contributed by atoms with E-state index >= 15 is 0 Å². The van der Waals surface area contributed by atoms with Crippen LogP contribution in [-0.4, -0.2) is 30.0 Å². The molecule has 4 rings (SSSR count). The summed E-state index contributed by atoms with van der Waals surface area (Å²) >= 11 is 1.69. The standard InChI is InChI=1S/C24H24N2O2S/c1-26(15-16-7-11-20(29-2)12-8-16)24(28)21-13-18-5-3-4-6-19(18)14-22(21)25-23(27)17-9-10-17/h3-8,11-14,17H,9-10,15H2,1-2H3,(H,25,27). The van der Waals surface area contributed by atoms with Crippen LogP contribution in [0.1, 0.15) is 28.8 Å². The Morgan fingerprint density at radius 2 is 1.69 bits per heavy atom. The molecule has 0 aliphatic heterocycles. The molecule has 0 radical (unpaired) electrons. The number of rotatable bonds is 6. The summed E-state index contributed by atoms with van der Waals surface area (Å²) in [6, 6.07) is 19.9. The van der Waals surface area contributed by atoms with E-state index < -0.39 is 0 Å². The molecule has 0 bridgehead atoms. The maximum Gasteiger partial charge on any atom is 0.256 e. The van der Waals surface area contributed by atoms with Crippen molar-refractivity contribution < 1.29 is 9.59 Å². The number of hydrogen-bond donors (Lipinski definition) is 1. The number of amides is 2. The van der Waals surface area contributed by atoms with E-state index in [1.807, 2.05) is 54.8 Å². The van der Waals surface area contributed by atoms with Crippen LogP contribution >= 0.6 is 11.8 Å². The van der Waals surface area contributed by atoms with E-state index in [1.54, 1.807) is 23.7 Å². The first kappa shape index (κ1) is 19.5. The van der Waals surface area contributed by atoms with Crippen LogP contribution in [0.25, 0.3) is 10.8 Å². The third-order valence-corrected chi connectivity index (χ3v) is 5.99. The summed E-state index contributed by atoms with van der Waals surface area (Å²) in [5, 5.41) is 4.98. The second-order valence-electron chi connectivity index (χ2n) is 7.52. The van der Waals surface area contributed by atoms with Crippen LogP contribution < -0.4 is 5.32 Å². The van der Waals surface area contributed by atoms with Crippen molar-refractivity contribution in [3.63, 3.8) is 0 Å². The number of carbonyl (C=O) groups excluding carboxylic acids is 2. The molecule has 1 fully saturated rings. The molecule has 2 amide bonds. The first-order valence-electron chi connectivity index (χ1n) is 9.77. The molecule has 0 atom stereocenters. The summed E-state index contributed by atoms with van der Waals surface area (Å²) in [4.78, 5) is 28.5. The Hall–Kier alpha value is -2.79. The van der Waals surface area contributed by atoms with Crippen LogP contribution in [0.5, 0.6) is 0 Å². The summed E-state index contributed by atoms with van der Waals surface area (Å²) in [5.41, 5.74) is 2.19. The summed E-state index contributed by atoms with van der Waals surface area (Å²) < 4.78 is 0. The number of nitrogens with one attached hydrogen (secondary N) is 1. The second-order valence-corrected chi connectivity index (χ2v) is 8.40. The fraction of sp³-hybridized carbons (Fsp3) is 0.250. The lowest BCUT2D eigenvalue weighted by atomic mass is 10.0. The molecule has 0 saturated heterocycles. The highest BCUT2D eigenvalue weighted by molar-refractivity contribution is 7.98. The molecule has 148 valence electrons. The zero-order chi connectivity index (χ0) is 20.4. The van der Waals surface area contributed by atoms with Crippen molar-refractivity contribution in [1.82, 2.24) is 4.90 Å². The van der Waals surface area contributed by atoms with Crippen molar-refractivity contribution in [2.45, 2.75) is 24.3 Å². The first-order valence-corrected chi connectivity index (χ1v) is 11.0. The minimum Gasteiger partial charge on any atom is -0.337 e. The predicted molar refractivity (Wildman–Crippen MR) is 119 cm³/mol. The Balaban J connectivity index is 1.62. The van der Waals surface area contributed by atoms with E-state index in [0.717, 1.165) is 29.2 Å². The quantitative estimate of drug-likeness (QED) is 0.576. The number of hydrogen-bond acceptors (Lipinski definition) is 3. The Morgan fingerprint density at radius 1 is 1.03 bits per heavy atom. The monoisotopic (exact) mass is 404 g/mol. The van der Waals surface area contributed by atoms with E-state index in [9.17, 15) is 9.59 Å². The minimum atomic E-state index is -0.101. The number of anilines is 1. The molecule has 1 N–H and O–H groups in total. The van der Waals surface area contributed by atoms with E-state index in [-0.39, 0.29) is 17.7 Å². The molecule has 1 aliphatic carbocycles. The Morgan fingerprint density at radius 3 is 2.31 bits per heavy atom. The third-order valence-electron chi connectivity index (χ3n) is 5.25. The molecule has 4 nitrogen and oxygen atoms in total. The topological polar surface area (TPSA) is 49.4 Å². The van der Waals surface area contributed by atoms with Gasteiger partial charge in [0.2, 0.25) is 5.91 Å². The molecular weight excluding hydrogens is 380 g/mol. The van der Waals surface area contributed by atoms with Crippen LogP contribution in [0.4, 0.5) is 5.69 Å². The predicted octanol–water partition coefficient (Wildman–Crippen LogP) is 5.18. The van der Waals surface area contributed by atoms with Crippen LogP contribution in [-0.2, 0) is 11.3 Å². The number of fused-ring (bicyclic) bond motifs is 1. The van der Waals surface area contributed by atoms with Crippen LogP contribution in [0.15, 0.2) is 65.6 Å². The number of thioether (sulfide) groups is 1. The summed E-state index contributed by atoms with van der Waals surface area (Å²) in [6.45, 7) is 0.510. The molecule has 3 aromatic rings. The van der Waals surface area contributed by atoms with Gasteiger partial charge in [0.05, 0.1) is 11.3 Å². The lowest BCUT2D eigenvalue weighted by Gasteiger charge is -2.20. The fourth-order valence-electron chi connectivity index (χ4n) is 3.38. The smallest absolute Gasteiger partial charge is 0.256 e. The molecule has 0 heterocycles. The highest BCUT2D eigenvalue weighted by Crippen LogP contribution is 2.32. The maximum atomic E-state index is 13.3. The van der Waals surface area contributed by atoms with Gasteiger partial charge in [0.1, 0.15) is 0 Å². The van der Waals surface area contributed by atoms with Gasteiger partial charge in [-0.25, -0.2) is 0 Å². The van der Waals surface area contributed by atoms with E-state index in [4.69, 9.17) is 0 Å². The number of benzene rings is 3. The third kappa shape index (κ3) is 4.46.